The molecule has 0 saturated heterocycles. The first kappa shape index (κ1) is 12.8. The molecule has 0 heterocycles. The molecule has 1 aromatic carbocycles. The summed E-state index contributed by atoms with van der Waals surface area (Å²) < 4.78 is 9.26. The van der Waals surface area contributed by atoms with Crippen LogP contribution in [0.15, 0.2) is 36.1 Å². The number of benzene rings is 1. The average Bonchev–Trinajstić information content (AvgIpc) is 2.35. The first-order valence-electron chi connectivity index (χ1n) is 4.88. The SMILES string of the molecule is COC(=O)C(OC(C)=O)=C(N)c1ccccc1. The Balaban J connectivity index is 3.18. The zero-order valence-electron chi connectivity index (χ0n) is 9.60. The average molecular weight is 235 g/mol. The molecule has 0 amide bonds. The highest BCUT2D eigenvalue weighted by atomic mass is 16.6. The van der Waals surface area contributed by atoms with Crippen molar-refractivity contribution in [3.8, 4) is 0 Å². The van der Waals surface area contributed by atoms with Crippen LogP contribution in [0.2, 0.25) is 0 Å². The lowest BCUT2D eigenvalue weighted by atomic mass is 10.1. The smallest absolute Gasteiger partial charge is 0.376 e. The van der Waals surface area contributed by atoms with Crippen molar-refractivity contribution in [1.29, 1.82) is 0 Å². The summed E-state index contributed by atoms with van der Waals surface area (Å²) in [5.41, 5.74) is 6.41. The Kier molecular flexibility index (Phi) is 4.28. The van der Waals surface area contributed by atoms with Crippen molar-refractivity contribution in [2.24, 2.45) is 5.73 Å². The third-order valence-corrected chi connectivity index (χ3v) is 1.95. The maximum atomic E-state index is 11.4. The number of nitrogens with two attached hydrogens (primary N) is 1. The number of ether oxygens (including phenoxy) is 2. The minimum absolute atomic E-state index is 0.0626. The molecule has 1 aromatic rings. The summed E-state index contributed by atoms with van der Waals surface area (Å²) in [4.78, 5) is 22.3. The van der Waals surface area contributed by atoms with Crippen LogP contribution in [0.5, 0.6) is 0 Å². The van der Waals surface area contributed by atoms with Crippen molar-refractivity contribution in [2.75, 3.05) is 7.11 Å². The number of hydrogen-bond donors (Lipinski definition) is 1. The molecule has 0 unspecified atom stereocenters. The minimum Gasteiger partial charge on any atom is -0.463 e. The molecule has 0 atom stereocenters. The van der Waals surface area contributed by atoms with Crippen molar-refractivity contribution >= 4 is 17.6 Å². The van der Waals surface area contributed by atoms with Gasteiger partial charge in [0.25, 0.3) is 0 Å². The fourth-order valence-corrected chi connectivity index (χ4v) is 1.19. The van der Waals surface area contributed by atoms with E-state index in [0.717, 1.165) is 0 Å². The second-order valence-electron chi connectivity index (χ2n) is 3.19. The number of carbonyl (C=O) groups excluding carboxylic acids is 2. The molecule has 0 fully saturated rings. The molecule has 0 aliphatic rings. The van der Waals surface area contributed by atoms with E-state index in [1.54, 1.807) is 30.3 Å². The Hall–Kier alpha value is -2.30. The van der Waals surface area contributed by atoms with Gasteiger partial charge in [0, 0.05) is 12.5 Å². The Morgan fingerprint density at radius 3 is 2.24 bits per heavy atom. The van der Waals surface area contributed by atoms with Crippen LogP contribution in [-0.4, -0.2) is 19.0 Å². The molecule has 17 heavy (non-hydrogen) atoms. The fourth-order valence-electron chi connectivity index (χ4n) is 1.19. The lowest BCUT2D eigenvalue weighted by molar-refractivity contribution is -0.148. The Morgan fingerprint density at radius 2 is 1.76 bits per heavy atom. The zero-order chi connectivity index (χ0) is 12.8. The standard InChI is InChI=1S/C12H13NO4/c1-8(14)17-11(12(15)16-2)10(13)9-6-4-3-5-7-9/h3-7H,13H2,1-2H3. The van der Waals surface area contributed by atoms with Gasteiger partial charge >= 0.3 is 11.9 Å². The van der Waals surface area contributed by atoms with Crippen LogP contribution in [0, 0.1) is 0 Å². The van der Waals surface area contributed by atoms with Crippen LogP contribution in [0.1, 0.15) is 12.5 Å². The summed E-state index contributed by atoms with van der Waals surface area (Å²) in [6.07, 6.45) is 0. The molecule has 1 rings (SSSR count). The Labute approximate surface area is 98.8 Å². The van der Waals surface area contributed by atoms with Gasteiger partial charge in [-0.05, 0) is 0 Å². The van der Waals surface area contributed by atoms with Crippen LogP contribution in [0.3, 0.4) is 0 Å². The molecular formula is C12H13NO4. The van der Waals surface area contributed by atoms with Gasteiger partial charge in [0.05, 0.1) is 12.8 Å². The molecule has 5 nitrogen and oxygen atoms in total. The maximum Gasteiger partial charge on any atom is 0.376 e. The summed E-state index contributed by atoms with van der Waals surface area (Å²) in [6, 6.07) is 8.71. The van der Waals surface area contributed by atoms with Crippen molar-refractivity contribution in [3.63, 3.8) is 0 Å². The summed E-state index contributed by atoms with van der Waals surface area (Å²) in [6.45, 7) is 1.18. The lowest BCUT2D eigenvalue weighted by Crippen LogP contribution is -2.16. The second-order valence-corrected chi connectivity index (χ2v) is 3.19. The monoisotopic (exact) mass is 235 g/mol. The van der Waals surface area contributed by atoms with Gasteiger partial charge in [-0.3, -0.25) is 4.79 Å². The van der Waals surface area contributed by atoms with E-state index in [4.69, 9.17) is 10.5 Å². The third kappa shape index (κ3) is 3.34. The van der Waals surface area contributed by atoms with E-state index in [1.807, 2.05) is 0 Å². The van der Waals surface area contributed by atoms with Crippen LogP contribution in [0.25, 0.3) is 5.70 Å². The maximum absolute atomic E-state index is 11.4. The van der Waals surface area contributed by atoms with E-state index in [0.29, 0.717) is 5.56 Å². The highest BCUT2D eigenvalue weighted by Gasteiger charge is 2.19. The Morgan fingerprint density at radius 1 is 1.18 bits per heavy atom. The van der Waals surface area contributed by atoms with Gasteiger partial charge in [-0.25, -0.2) is 4.79 Å². The van der Waals surface area contributed by atoms with Gasteiger partial charge in [0.15, 0.2) is 0 Å². The van der Waals surface area contributed by atoms with E-state index in [9.17, 15) is 9.59 Å². The van der Waals surface area contributed by atoms with E-state index < -0.39 is 11.9 Å². The van der Waals surface area contributed by atoms with Gasteiger partial charge in [-0.2, -0.15) is 0 Å². The molecular weight excluding hydrogens is 222 g/mol. The fraction of sp³-hybridized carbons (Fsp3) is 0.167. The molecule has 0 bridgehead atoms. The predicted octanol–water partition coefficient (Wildman–Crippen LogP) is 1.05. The zero-order valence-corrected chi connectivity index (χ0v) is 9.60. The first-order valence-corrected chi connectivity index (χ1v) is 4.88. The number of hydrogen-bond acceptors (Lipinski definition) is 5. The highest BCUT2D eigenvalue weighted by molar-refractivity contribution is 5.96. The van der Waals surface area contributed by atoms with E-state index in [2.05, 4.69) is 4.74 Å². The van der Waals surface area contributed by atoms with Crippen molar-refractivity contribution in [3.05, 3.63) is 41.7 Å². The van der Waals surface area contributed by atoms with Crippen molar-refractivity contribution < 1.29 is 19.1 Å². The number of carbonyl (C=O) groups is 2. The molecule has 5 heteroatoms. The highest BCUT2D eigenvalue weighted by Crippen LogP contribution is 2.15. The molecule has 0 aromatic heterocycles. The number of rotatable bonds is 3. The van der Waals surface area contributed by atoms with Gasteiger partial charge < -0.3 is 15.2 Å². The van der Waals surface area contributed by atoms with E-state index >= 15 is 0 Å². The largest absolute Gasteiger partial charge is 0.463 e. The van der Waals surface area contributed by atoms with Crippen LogP contribution in [-0.2, 0) is 19.1 Å². The molecule has 0 aliphatic carbocycles. The van der Waals surface area contributed by atoms with Crippen LogP contribution >= 0.6 is 0 Å². The minimum atomic E-state index is -0.790. The summed E-state index contributed by atoms with van der Waals surface area (Å²) in [5, 5.41) is 0. The summed E-state index contributed by atoms with van der Waals surface area (Å²) in [5.74, 6) is -1.72. The number of methoxy groups -OCH3 is 1. The first-order chi connectivity index (χ1) is 8.06. The second kappa shape index (κ2) is 5.69. The summed E-state index contributed by atoms with van der Waals surface area (Å²) >= 11 is 0. The molecule has 90 valence electrons. The van der Waals surface area contributed by atoms with Gasteiger partial charge in [-0.1, -0.05) is 30.3 Å². The molecule has 2 N–H and O–H groups in total. The Bertz CT molecular complexity index is 451. The topological polar surface area (TPSA) is 78.6 Å². The molecule has 0 radical (unpaired) electrons. The van der Waals surface area contributed by atoms with Crippen LogP contribution in [0.4, 0.5) is 0 Å². The van der Waals surface area contributed by atoms with Gasteiger partial charge in [-0.15, -0.1) is 0 Å². The summed E-state index contributed by atoms with van der Waals surface area (Å²) in [7, 11) is 1.18. The van der Waals surface area contributed by atoms with Gasteiger partial charge in [0.2, 0.25) is 5.76 Å². The predicted molar refractivity (Wildman–Crippen MR) is 61.3 cm³/mol. The van der Waals surface area contributed by atoms with Gasteiger partial charge in [0.1, 0.15) is 0 Å². The molecule has 0 spiro atoms. The van der Waals surface area contributed by atoms with Crippen LogP contribution < -0.4 is 5.73 Å². The van der Waals surface area contributed by atoms with E-state index in [1.165, 1.54) is 14.0 Å². The lowest BCUT2D eigenvalue weighted by Gasteiger charge is -2.09. The number of esters is 2. The molecule has 0 aliphatic heterocycles. The quantitative estimate of drug-likeness (QED) is 0.481. The normalized spacial score (nSPS) is 11.4. The van der Waals surface area contributed by atoms with Crippen molar-refractivity contribution in [2.45, 2.75) is 6.92 Å². The molecule has 0 saturated carbocycles. The third-order valence-electron chi connectivity index (χ3n) is 1.95. The van der Waals surface area contributed by atoms with E-state index in [-0.39, 0.29) is 11.5 Å². The van der Waals surface area contributed by atoms with Crippen molar-refractivity contribution in [1.82, 2.24) is 0 Å².